The lowest BCUT2D eigenvalue weighted by atomic mass is 10.7. The van der Waals surface area contributed by atoms with Crippen LogP contribution in [0.5, 0.6) is 0 Å². The second-order valence-corrected chi connectivity index (χ2v) is 0.665. The summed E-state index contributed by atoms with van der Waals surface area (Å²) in [6.07, 6.45) is 3.40. The van der Waals surface area contributed by atoms with E-state index in [0.29, 0.717) is 0 Å². The summed E-state index contributed by atoms with van der Waals surface area (Å²) in [7, 11) is 0. The maximum Gasteiger partial charge on any atom is 0.239 e. The molecule has 3 heteroatoms. The summed E-state index contributed by atoms with van der Waals surface area (Å²) in [5, 5.41) is 7.77. The average Bonchev–Trinajstić information content (AvgIpc) is 1.69. The summed E-state index contributed by atoms with van der Waals surface area (Å²) in [6.45, 7) is 0. The van der Waals surface area contributed by atoms with Crippen LogP contribution in [0, 0.1) is 11.3 Å². The molecule has 0 radical (unpaired) electrons. The van der Waals surface area contributed by atoms with E-state index in [4.69, 9.17) is 5.26 Å². The van der Waals surface area contributed by atoms with Crippen LogP contribution in [-0.2, 0) is 4.79 Å². The van der Waals surface area contributed by atoms with Crippen molar-refractivity contribution in [2.45, 2.75) is 0 Å². The topological polar surface area (TPSA) is 53.2 Å². The lowest BCUT2D eigenvalue weighted by Crippen LogP contribution is -1.45. The third-order valence-electron chi connectivity index (χ3n) is 0.276. The molecule has 0 saturated heterocycles. The Kier molecular flexibility index (Phi) is 3.69. The first-order chi connectivity index (χ1) is 3.41. The molecule has 0 aromatic carbocycles. The SMILES string of the molecule is N#C/C=C\N=C=O. The third-order valence-corrected chi connectivity index (χ3v) is 0.276. The van der Waals surface area contributed by atoms with Gasteiger partial charge in [-0.3, -0.25) is 0 Å². The summed E-state index contributed by atoms with van der Waals surface area (Å²) < 4.78 is 0. The van der Waals surface area contributed by atoms with Gasteiger partial charge in [-0.15, -0.1) is 0 Å². The molecule has 0 N–H and O–H groups in total. The second-order valence-electron chi connectivity index (χ2n) is 0.665. The Morgan fingerprint density at radius 3 is 2.86 bits per heavy atom. The largest absolute Gasteiger partial charge is 0.239 e. The van der Waals surface area contributed by atoms with Crippen LogP contribution >= 0.6 is 0 Å². The van der Waals surface area contributed by atoms with Crippen molar-refractivity contribution in [2.75, 3.05) is 0 Å². The fourth-order valence-corrected chi connectivity index (χ4v) is 0.101. The van der Waals surface area contributed by atoms with Crippen LogP contribution in [0.25, 0.3) is 0 Å². The van der Waals surface area contributed by atoms with Gasteiger partial charge in [0.2, 0.25) is 6.08 Å². The fraction of sp³-hybridized carbons (Fsp3) is 0. The van der Waals surface area contributed by atoms with Gasteiger partial charge in [-0.1, -0.05) is 0 Å². The number of isocyanates is 1. The molecule has 0 aliphatic heterocycles. The molecule has 0 bridgehead atoms. The monoisotopic (exact) mass is 94.0 g/mol. The van der Waals surface area contributed by atoms with Crippen LogP contribution in [-0.4, -0.2) is 6.08 Å². The third kappa shape index (κ3) is 4.61. The first kappa shape index (κ1) is 5.61. The van der Waals surface area contributed by atoms with Crippen molar-refractivity contribution in [1.29, 1.82) is 5.26 Å². The molecule has 0 spiro atoms. The van der Waals surface area contributed by atoms with Gasteiger partial charge in [0, 0.05) is 6.08 Å². The van der Waals surface area contributed by atoms with E-state index in [1.165, 1.54) is 6.08 Å². The molecule has 34 valence electrons. The van der Waals surface area contributed by atoms with Gasteiger partial charge in [0.1, 0.15) is 0 Å². The van der Waals surface area contributed by atoms with E-state index in [0.717, 1.165) is 12.3 Å². The lowest BCUT2D eigenvalue weighted by Gasteiger charge is -1.54. The predicted octanol–water partition coefficient (Wildman–Crippen LogP) is 0.359. The number of rotatable bonds is 1. The molecule has 0 saturated carbocycles. The summed E-state index contributed by atoms with van der Waals surface area (Å²) in [4.78, 5) is 12.2. The number of hydrogen-bond acceptors (Lipinski definition) is 3. The number of nitriles is 1. The molecule has 0 amide bonds. The summed E-state index contributed by atoms with van der Waals surface area (Å²) >= 11 is 0. The Morgan fingerprint density at radius 1 is 1.71 bits per heavy atom. The van der Waals surface area contributed by atoms with E-state index < -0.39 is 0 Å². The van der Waals surface area contributed by atoms with Crippen LogP contribution < -0.4 is 0 Å². The minimum absolute atomic E-state index is 1.08. The van der Waals surface area contributed by atoms with Crippen molar-refractivity contribution in [3.05, 3.63) is 12.3 Å². The minimum atomic E-state index is 1.08. The Bertz CT molecular complexity index is 148. The molecule has 0 atom stereocenters. The number of aliphatic imine (C=N–C) groups is 1. The van der Waals surface area contributed by atoms with Crippen molar-refractivity contribution in [1.82, 2.24) is 0 Å². The fourth-order valence-electron chi connectivity index (χ4n) is 0.101. The standard InChI is InChI=1S/C4H2N2O/c5-2-1-3-6-4-7/h1,3H/b3-1-. The highest BCUT2D eigenvalue weighted by Crippen LogP contribution is 1.65. The Labute approximate surface area is 40.6 Å². The van der Waals surface area contributed by atoms with E-state index in [2.05, 4.69) is 4.99 Å². The van der Waals surface area contributed by atoms with Gasteiger partial charge in [0.05, 0.1) is 12.3 Å². The van der Waals surface area contributed by atoms with Crippen LogP contribution in [0.2, 0.25) is 0 Å². The van der Waals surface area contributed by atoms with Gasteiger partial charge in [-0.25, -0.2) is 4.79 Å². The van der Waals surface area contributed by atoms with Crippen molar-refractivity contribution in [3.63, 3.8) is 0 Å². The molecule has 0 unspecified atom stereocenters. The smallest absolute Gasteiger partial charge is 0.211 e. The molecule has 7 heavy (non-hydrogen) atoms. The molecular weight excluding hydrogens is 92.1 g/mol. The highest BCUT2D eigenvalue weighted by Gasteiger charge is 1.55. The molecule has 0 aliphatic carbocycles. The molecule has 0 aromatic rings. The van der Waals surface area contributed by atoms with Gasteiger partial charge < -0.3 is 0 Å². The Hall–Kier alpha value is -1.39. The zero-order valence-corrected chi connectivity index (χ0v) is 3.46. The van der Waals surface area contributed by atoms with E-state index in [-0.39, 0.29) is 0 Å². The van der Waals surface area contributed by atoms with Crippen molar-refractivity contribution >= 4 is 6.08 Å². The van der Waals surface area contributed by atoms with Gasteiger partial charge in [-0.2, -0.15) is 10.3 Å². The molecule has 0 fully saturated rings. The van der Waals surface area contributed by atoms with Crippen LogP contribution in [0.3, 0.4) is 0 Å². The predicted molar refractivity (Wildman–Crippen MR) is 22.9 cm³/mol. The number of hydrogen-bond donors (Lipinski definition) is 0. The van der Waals surface area contributed by atoms with E-state index in [1.807, 2.05) is 0 Å². The second kappa shape index (κ2) is 4.61. The van der Waals surface area contributed by atoms with Gasteiger partial charge >= 0.3 is 0 Å². The molecular formula is C4H2N2O. The molecule has 0 aromatic heterocycles. The highest BCUT2D eigenvalue weighted by atomic mass is 16.1. The molecule has 0 rings (SSSR count). The minimum Gasteiger partial charge on any atom is -0.211 e. The van der Waals surface area contributed by atoms with E-state index in [1.54, 1.807) is 6.07 Å². The van der Waals surface area contributed by atoms with Gasteiger partial charge in [0.15, 0.2) is 0 Å². The Balaban J connectivity index is 3.54. The normalized spacial score (nSPS) is 7.29. The zero-order valence-electron chi connectivity index (χ0n) is 3.46. The zero-order chi connectivity index (χ0) is 5.54. The highest BCUT2D eigenvalue weighted by molar-refractivity contribution is 5.34. The summed E-state index contributed by atoms with van der Waals surface area (Å²) in [5.74, 6) is 0. The van der Waals surface area contributed by atoms with Crippen LogP contribution in [0.1, 0.15) is 0 Å². The van der Waals surface area contributed by atoms with Crippen molar-refractivity contribution in [3.8, 4) is 6.07 Å². The quantitative estimate of drug-likeness (QED) is 0.267. The lowest BCUT2D eigenvalue weighted by molar-refractivity contribution is 0.565. The Morgan fingerprint density at radius 2 is 2.43 bits per heavy atom. The first-order valence-electron chi connectivity index (χ1n) is 1.53. The van der Waals surface area contributed by atoms with E-state index in [9.17, 15) is 4.79 Å². The summed E-state index contributed by atoms with van der Waals surface area (Å²) in [6, 6.07) is 1.65. The molecule has 0 heterocycles. The van der Waals surface area contributed by atoms with Crippen LogP contribution in [0.15, 0.2) is 17.3 Å². The number of carbonyl (C=O) groups excluding carboxylic acids is 1. The maximum absolute atomic E-state index is 9.23. The number of nitrogens with zero attached hydrogens (tertiary/aromatic N) is 2. The van der Waals surface area contributed by atoms with Crippen molar-refractivity contribution in [2.24, 2.45) is 4.99 Å². The average molecular weight is 94.1 g/mol. The number of allylic oxidation sites excluding steroid dienone is 1. The van der Waals surface area contributed by atoms with E-state index >= 15 is 0 Å². The molecule has 0 aliphatic rings. The van der Waals surface area contributed by atoms with Gasteiger partial charge in [0.25, 0.3) is 0 Å². The summed E-state index contributed by atoms with van der Waals surface area (Å²) in [5.41, 5.74) is 0. The van der Waals surface area contributed by atoms with Crippen LogP contribution in [0.4, 0.5) is 0 Å². The van der Waals surface area contributed by atoms with Gasteiger partial charge in [-0.05, 0) is 0 Å². The van der Waals surface area contributed by atoms with Crippen molar-refractivity contribution < 1.29 is 4.79 Å². The molecule has 3 nitrogen and oxygen atoms in total. The maximum atomic E-state index is 9.23. The first-order valence-corrected chi connectivity index (χ1v) is 1.53.